The Morgan fingerprint density at radius 2 is 1.69 bits per heavy atom. The topological polar surface area (TPSA) is 62.3 Å². The molecule has 1 N–H and O–H groups in total. The van der Waals surface area contributed by atoms with Gasteiger partial charge in [-0.3, -0.25) is 14.6 Å². The molecule has 2 amide bonds. The Balaban J connectivity index is 1.79. The molecule has 2 heterocycles. The quantitative estimate of drug-likeness (QED) is 0.916. The lowest BCUT2D eigenvalue weighted by Gasteiger charge is -2.35. The molecule has 5 nitrogen and oxygen atoms in total. The smallest absolute Gasteiger partial charge is 0.255 e. The summed E-state index contributed by atoms with van der Waals surface area (Å²) in [5.74, 6) is 0.848. The minimum Gasteiger partial charge on any atom is -0.338 e. The highest BCUT2D eigenvalue weighted by Crippen LogP contribution is 2.24. The minimum atomic E-state index is -0.208. The number of rotatable bonds is 3. The van der Waals surface area contributed by atoms with Gasteiger partial charge in [0.15, 0.2) is 0 Å². The summed E-state index contributed by atoms with van der Waals surface area (Å²) in [6, 6.07) is 8.82. The maximum absolute atomic E-state index is 12.9. The Bertz CT molecular complexity index is 794. The molecule has 1 aromatic heterocycles. The average Bonchev–Trinajstić information content (AvgIpc) is 2.63. The van der Waals surface area contributed by atoms with Gasteiger partial charge in [0.25, 0.3) is 11.8 Å². The highest BCUT2D eigenvalue weighted by atomic mass is 16.2. The summed E-state index contributed by atoms with van der Waals surface area (Å²) >= 11 is 0. The van der Waals surface area contributed by atoms with Gasteiger partial charge in [0.1, 0.15) is 0 Å². The zero-order valence-corrected chi connectivity index (χ0v) is 15.5. The van der Waals surface area contributed by atoms with Crippen LogP contribution in [0.1, 0.15) is 46.5 Å². The predicted molar refractivity (Wildman–Crippen MR) is 102 cm³/mol. The number of aromatic nitrogens is 1. The van der Waals surface area contributed by atoms with Crippen LogP contribution in [-0.4, -0.2) is 34.8 Å². The van der Waals surface area contributed by atoms with Crippen LogP contribution in [0.3, 0.4) is 0 Å². The number of likely N-dealkylation sites (tertiary alicyclic amines) is 1. The number of aryl methyl sites for hydroxylation is 1. The second-order valence-electron chi connectivity index (χ2n) is 7.38. The van der Waals surface area contributed by atoms with E-state index in [0.29, 0.717) is 28.7 Å². The molecule has 26 heavy (non-hydrogen) atoms. The molecule has 0 spiro atoms. The SMILES string of the molecule is Cc1ccc(C(=O)N2C[C@H](C)C[C@@H](C)C2)cc1NC(=O)c1ccncc1. The Morgan fingerprint density at radius 3 is 2.35 bits per heavy atom. The van der Waals surface area contributed by atoms with Gasteiger partial charge in [-0.1, -0.05) is 19.9 Å². The summed E-state index contributed by atoms with van der Waals surface area (Å²) in [6.45, 7) is 7.86. The second-order valence-corrected chi connectivity index (χ2v) is 7.38. The fourth-order valence-corrected chi connectivity index (χ4v) is 3.60. The number of carbonyl (C=O) groups excluding carboxylic acids is 2. The van der Waals surface area contributed by atoms with E-state index >= 15 is 0 Å². The van der Waals surface area contributed by atoms with Crippen LogP contribution in [0.15, 0.2) is 42.7 Å². The molecular formula is C21H25N3O2. The summed E-state index contributed by atoms with van der Waals surface area (Å²) in [4.78, 5) is 31.2. The van der Waals surface area contributed by atoms with Crippen molar-refractivity contribution in [1.82, 2.24) is 9.88 Å². The van der Waals surface area contributed by atoms with Crippen molar-refractivity contribution < 1.29 is 9.59 Å². The average molecular weight is 351 g/mol. The highest BCUT2D eigenvalue weighted by molar-refractivity contribution is 6.05. The molecule has 0 bridgehead atoms. The van der Waals surface area contributed by atoms with E-state index in [0.717, 1.165) is 25.1 Å². The molecule has 0 aliphatic carbocycles. The zero-order valence-electron chi connectivity index (χ0n) is 15.5. The molecule has 0 saturated carbocycles. The molecule has 1 aromatic carbocycles. The maximum Gasteiger partial charge on any atom is 0.255 e. The van der Waals surface area contributed by atoms with Gasteiger partial charge in [-0.25, -0.2) is 0 Å². The van der Waals surface area contributed by atoms with E-state index < -0.39 is 0 Å². The van der Waals surface area contributed by atoms with Gasteiger partial charge in [0.2, 0.25) is 0 Å². The second kappa shape index (κ2) is 7.68. The Kier molecular flexibility index (Phi) is 5.35. The van der Waals surface area contributed by atoms with Gasteiger partial charge in [0, 0.05) is 42.3 Å². The van der Waals surface area contributed by atoms with E-state index in [2.05, 4.69) is 24.1 Å². The molecule has 3 rings (SSSR count). The Hall–Kier alpha value is -2.69. The van der Waals surface area contributed by atoms with Crippen LogP contribution in [0, 0.1) is 18.8 Å². The Labute approximate surface area is 154 Å². The van der Waals surface area contributed by atoms with E-state index in [-0.39, 0.29) is 11.8 Å². The summed E-state index contributed by atoms with van der Waals surface area (Å²) in [7, 11) is 0. The number of pyridine rings is 1. The van der Waals surface area contributed by atoms with Gasteiger partial charge >= 0.3 is 0 Å². The van der Waals surface area contributed by atoms with Crippen LogP contribution < -0.4 is 5.32 Å². The highest BCUT2D eigenvalue weighted by Gasteiger charge is 2.26. The van der Waals surface area contributed by atoms with E-state index in [1.54, 1.807) is 30.6 Å². The number of anilines is 1. The summed E-state index contributed by atoms with van der Waals surface area (Å²) in [5, 5.41) is 2.90. The van der Waals surface area contributed by atoms with Crippen molar-refractivity contribution >= 4 is 17.5 Å². The van der Waals surface area contributed by atoms with Gasteiger partial charge in [0.05, 0.1) is 0 Å². The Morgan fingerprint density at radius 1 is 1.04 bits per heavy atom. The number of hydrogen-bond donors (Lipinski definition) is 1. The lowest BCUT2D eigenvalue weighted by molar-refractivity contribution is 0.0623. The normalized spacial score (nSPS) is 19.9. The van der Waals surface area contributed by atoms with Gasteiger partial charge in [-0.05, 0) is 55.0 Å². The van der Waals surface area contributed by atoms with Crippen molar-refractivity contribution in [2.75, 3.05) is 18.4 Å². The van der Waals surface area contributed by atoms with Gasteiger partial charge in [-0.15, -0.1) is 0 Å². The maximum atomic E-state index is 12.9. The molecule has 0 radical (unpaired) electrons. The fraction of sp³-hybridized carbons (Fsp3) is 0.381. The monoisotopic (exact) mass is 351 g/mol. The number of amides is 2. The van der Waals surface area contributed by atoms with Crippen molar-refractivity contribution in [3.05, 3.63) is 59.4 Å². The molecule has 1 fully saturated rings. The van der Waals surface area contributed by atoms with Crippen molar-refractivity contribution in [3.8, 4) is 0 Å². The number of carbonyl (C=O) groups is 2. The van der Waals surface area contributed by atoms with Crippen LogP contribution in [0.4, 0.5) is 5.69 Å². The first-order valence-corrected chi connectivity index (χ1v) is 9.05. The largest absolute Gasteiger partial charge is 0.338 e. The van der Waals surface area contributed by atoms with Crippen LogP contribution in [-0.2, 0) is 0 Å². The summed E-state index contributed by atoms with van der Waals surface area (Å²) < 4.78 is 0. The predicted octanol–water partition coefficient (Wildman–Crippen LogP) is 3.76. The lowest BCUT2D eigenvalue weighted by Crippen LogP contribution is -2.42. The first-order chi connectivity index (χ1) is 12.4. The van der Waals surface area contributed by atoms with Crippen LogP contribution in [0.5, 0.6) is 0 Å². The van der Waals surface area contributed by atoms with Crippen LogP contribution in [0.2, 0.25) is 0 Å². The molecule has 136 valence electrons. The standard InChI is InChI=1S/C21H25N3O2/c1-14-10-15(2)13-24(12-14)21(26)18-5-4-16(3)19(11-18)23-20(25)17-6-8-22-9-7-17/h4-9,11,14-15H,10,12-13H2,1-3H3,(H,23,25)/t14-,15-/m1/s1. The number of nitrogens with one attached hydrogen (secondary N) is 1. The molecule has 0 unspecified atom stereocenters. The number of piperidine rings is 1. The number of hydrogen-bond acceptors (Lipinski definition) is 3. The van der Waals surface area contributed by atoms with Gasteiger partial charge in [-0.2, -0.15) is 0 Å². The van der Waals surface area contributed by atoms with Crippen molar-refractivity contribution in [3.63, 3.8) is 0 Å². The van der Waals surface area contributed by atoms with E-state index in [1.165, 1.54) is 0 Å². The van der Waals surface area contributed by atoms with Crippen LogP contribution in [0.25, 0.3) is 0 Å². The van der Waals surface area contributed by atoms with Gasteiger partial charge < -0.3 is 10.2 Å². The van der Waals surface area contributed by atoms with Crippen molar-refractivity contribution in [2.24, 2.45) is 11.8 Å². The summed E-state index contributed by atoms with van der Waals surface area (Å²) in [5.41, 5.74) is 2.73. The molecule has 5 heteroatoms. The minimum absolute atomic E-state index is 0.0304. The molecule has 2 atom stereocenters. The molecular weight excluding hydrogens is 326 g/mol. The third-order valence-electron chi connectivity index (χ3n) is 4.83. The van der Waals surface area contributed by atoms with Crippen LogP contribution >= 0.6 is 0 Å². The molecule has 1 aliphatic rings. The number of benzene rings is 1. The fourth-order valence-electron chi connectivity index (χ4n) is 3.60. The first-order valence-electron chi connectivity index (χ1n) is 9.05. The third-order valence-corrected chi connectivity index (χ3v) is 4.83. The van der Waals surface area contributed by atoms with E-state index in [1.807, 2.05) is 24.0 Å². The molecule has 1 aliphatic heterocycles. The number of nitrogens with zero attached hydrogens (tertiary/aromatic N) is 2. The third kappa shape index (κ3) is 4.10. The van der Waals surface area contributed by atoms with Crippen molar-refractivity contribution in [2.45, 2.75) is 27.2 Å². The lowest BCUT2D eigenvalue weighted by atomic mass is 9.91. The molecule has 1 saturated heterocycles. The zero-order chi connectivity index (χ0) is 18.7. The summed E-state index contributed by atoms with van der Waals surface area (Å²) in [6.07, 6.45) is 4.33. The molecule has 2 aromatic rings. The first kappa shape index (κ1) is 18.1. The van der Waals surface area contributed by atoms with E-state index in [9.17, 15) is 9.59 Å². The van der Waals surface area contributed by atoms with Crippen molar-refractivity contribution in [1.29, 1.82) is 0 Å². The van der Waals surface area contributed by atoms with E-state index in [4.69, 9.17) is 0 Å².